The molecule has 1 aromatic heterocycles. The number of piperidine rings is 1. The van der Waals surface area contributed by atoms with E-state index in [-0.39, 0.29) is 17.6 Å². The molecule has 8 heteroatoms. The molecule has 0 saturated carbocycles. The third-order valence-electron chi connectivity index (χ3n) is 8.38. The lowest BCUT2D eigenvalue weighted by Gasteiger charge is -2.34. The van der Waals surface area contributed by atoms with Crippen molar-refractivity contribution in [1.29, 1.82) is 0 Å². The lowest BCUT2D eigenvalue weighted by molar-refractivity contribution is 0.0782. The lowest BCUT2D eigenvalue weighted by atomic mass is 9.94. The summed E-state index contributed by atoms with van der Waals surface area (Å²) in [6.07, 6.45) is 3.97. The molecule has 1 aliphatic rings. The first-order valence-electron chi connectivity index (χ1n) is 15.6. The highest BCUT2D eigenvalue weighted by atomic mass is 19.1. The van der Waals surface area contributed by atoms with Crippen molar-refractivity contribution in [2.24, 2.45) is 0 Å². The van der Waals surface area contributed by atoms with Gasteiger partial charge in [0.1, 0.15) is 5.82 Å². The molecular formula is C35H44FN5O2. The van der Waals surface area contributed by atoms with Gasteiger partial charge in [-0.05, 0) is 74.2 Å². The monoisotopic (exact) mass is 585 g/mol. The molecule has 1 fully saturated rings. The normalized spacial score (nSPS) is 15.0. The van der Waals surface area contributed by atoms with E-state index in [0.717, 1.165) is 81.0 Å². The van der Waals surface area contributed by atoms with Gasteiger partial charge < -0.3 is 24.4 Å². The molecule has 0 bridgehead atoms. The topological polar surface area (TPSA) is 62.6 Å². The number of nitrogens with one attached hydrogen (secondary N) is 1. The highest BCUT2D eigenvalue weighted by molar-refractivity contribution is 5.94. The van der Waals surface area contributed by atoms with Crippen LogP contribution in [0.15, 0.2) is 78.9 Å². The van der Waals surface area contributed by atoms with Gasteiger partial charge in [-0.3, -0.25) is 4.79 Å². The molecule has 228 valence electrons. The number of imidazole rings is 1. The largest absolute Gasteiger partial charge is 0.380 e. The Balaban J connectivity index is 1.17. The average molecular weight is 586 g/mol. The van der Waals surface area contributed by atoms with Gasteiger partial charge in [0.05, 0.1) is 17.6 Å². The number of halogens is 1. The standard InChI is InChI=1S/C35H44FN5O2/c1-3-24-43-25-23-41-33-12-8-7-11-32(33)38-35(41)37-31-18-21-40(22-19-31)20-17-29(27-13-15-30(36)16-14-27)26-39(2)34(42)28-9-5-4-6-10-28/h4-16,29,31H,3,17-26H2,1-2H3,(H,37,38). The molecule has 1 aliphatic heterocycles. The maximum atomic E-state index is 13.7. The minimum absolute atomic E-state index is 0.00236. The first kappa shape index (κ1) is 30.7. The molecule has 1 amide bonds. The van der Waals surface area contributed by atoms with Crippen LogP contribution in [-0.2, 0) is 11.3 Å². The first-order valence-corrected chi connectivity index (χ1v) is 15.6. The van der Waals surface area contributed by atoms with E-state index >= 15 is 0 Å². The second-order valence-electron chi connectivity index (χ2n) is 11.5. The fourth-order valence-electron chi connectivity index (χ4n) is 5.95. The highest BCUT2D eigenvalue weighted by Crippen LogP contribution is 2.25. The van der Waals surface area contributed by atoms with E-state index < -0.39 is 0 Å². The number of ether oxygens (including phenoxy) is 1. The van der Waals surface area contributed by atoms with Gasteiger partial charge in [-0.15, -0.1) is 0 Å². The van der Waals surface area contributed by atoms with Crippen molar-refractivity contribution < 1.29 is 13.9 Å². The quantitative estimate of drug-likeness (QED) is 0.173. The minimum atomic E-state index is -0.243. The van der Waals surface area contributed by atoms with Crippen molar-refractivity contribution in [1.82, 2.24) is 19.4 Å². The summed E-state index contributed by atoms with van der Waals surface area (Å²) in [7, 11) is 1.85. The van der Waals surface area contributed by atoms with Crippen LogP contribution in [0.1, 0.15) is 54.4 Å². The molecule has 1 N–H and O–H groups in total. The summed E-state index contributed by atoms with van der Waals surface area (Å²) in [6.45, 7) is 7.83. The number of nitrogens with zero attached hydrogens (tertiary/aromatic N) is 4. The maximum absolute atomic E-state index is 13.7. The predicted molar refractivity (Wildman–Crippen MR) is 171 cm³/mol. The van der Waals surface area contributed by atoms with Crippen LogP contribution in [0.3, 0.4) is 0 Å². The molecule has 4 aromatic rings. The molecule has 1 atom stereocenters. The van der Waals surface area contributed by atoms with Gasteiger partial charge in [0.25, 0.3) is 5.91 Å². The Labute approximate surface area is 254 Å². The van der Waals surface area contributed by atoms with E-state index in [2.05, 4.69) is 39.9 Å². The molecule has 2 heterocycles. The van der Waals surface area contributed by atoms with E-state index in [9.17, 15) is 9.18 Å². The number of carbonyl (C=O) groups excluding carboxylic acids is 1. The number of likely N-dealkylation sites (tertiary alicyclic amines) is 1. The zero-order valence-corrected chi connectivity index (χ0v) is 25.4. The van der Waals surface area contributed by atoms with Crippen LogP contribution in [0.5, 0.6) is 0 Å². The average Bonchev–Trinajstić information content (AvgIpc) is 3.39. The van der Waals surface area contributed by atoms with Crippen LogP contribution in [0.4, 0.5) is 10.3 Å². The Kier molecular flexibility index (Phi) is 10.8. The molecule has 5 rings (SSSR count). The smallest absolute Gasteiger partial charge is 0.253 e. The van der Waals surface area contributed by atoms with E-state index in [1.165, 1.54) is 12.1 Å². The fraction of sp³-hybridized carbons (Fsp3) is 0.429. The van der Waals surface area contributed by atoms with Gasteiger partial charge in [0, 0.05) is 57.4 Å². The number of para-hydroxylation sites is 2. The Morgan fingerprint density at radius 1 is 1.00 bits per heavy atom. The van der Waals surface area contributed by atoms with Crippen LogP contribution < -0.4 is 5.32 Å². The number of anilines is 1. The van der Waals surface area contributed by atoms with Crippen molar-refractivity contribution in [3.05, 3.63) is 95.8 Å². The van der Waals surface area contributed by atoms with Gasteiger partial charge in [-0.2, -0.15) is 0 Å². The fourth-order valence-corrected chi connectivity index (χ4v) is 5.95. The second-order valence-corrected chi connectivity index (χ2v) is 11.5. The molecule has 3 aromatic carbocycles. The number of carbonyl (C=O) groups is 1. The summed E-state index contributed by atoms with van der Waals surface area (Å²) in [5.41, 5.74) is 3.87. The molecule has 0 radical (unpaired) electrons. The molecule has 0 aliphatic carbocycles. The van der Waals surface area contributed by atoms with Gasteiger partial charge in [-0.1, -0.05) is 49.4 Å². The van der Waals surface area contributed by atoms with E-state index in [4.69, 9.17) is 9.72 Å². The lowest BCUT2D eigenvalue weighted by Crippen LogP contribution is -2.40. The van der Waals surface area contributed by atoms with Gasteiger partial charge in [0.15, 0.2) is 0 Å². The Bertz CT molecular complexity index is 1430. The maximum Gasteiger partial charge on any atom is 0.253 e. The number of amides is 1. The highest BCUT2D eigenvalue weighted by Gasteiger charge is 2.24. The summed E-state index contributed by atoms with van der Waals surface area (Å²) in [5, 5.41) is 3.74. The molecule has 43 heavy (non-hydrogen) atoms. The van der Waals surface area contributed by atoms with Crippen molar-refractivity contribution in [3.8, 4) is 0 Å². The zero-order valence-electron chi connectivity index (χ0n) is 25.4. The number of likely N-dealkylation sites (N-methyl/N-ethyl adjacent to an activating group) is 1. The Morgan fingerprint density at radius 3 is 2.47 bits per heavy atom. The van der Waals surface area contributed by atoms with E-state index in [1.807, 2.05) is 55.6 Å². The Hall–Kier alpha value is -3.75. The Morgan fingerprint density at radius 2 is 1.72 bits per heavy atom. The van der Waals surface area contributed by atoms with Gasteiger partial charge in [0.2, 0.25) is 5.95 Å². The molecular weight excluding hydrogens is 541 g/mol. The van der Waals surface area contributed by atoms with Crippen LogP contribution in [-0.4, -0.2) is 77.7 Å². The van der Waals surface area contributed by atoms with Crippen LogP contribution in [0.2, 0.25) is 0 Å². The number of benzene rings is 3. The molecule has 1 unspecified atom stereocenters. The summed E-state index contributed by atoms with van der Waals surface area (Å²) >= 11 is 0. The number of aromatic nitrogens is 2. The summed E-state index contributed by atoms with van der Waals surface area (Å²) in [6, 6.07) is 24.8. The predicted octanol–water partition coefficient (Wildman–Crippen LogP) is 6.42. The van der Waals surface area contributed by atoms with Crippen molar-refractivity contribution >= 4 is 22.9 Å². The molecule has 1 saturated heterocycles. The third-order valence-corrected chi connectivity index (χ3v) is 8.38. The number of fused-ring (bicyclic) bond motifs is 1. The van der Waals surface area contributed by atoms with E-state index in [1.54, 1.807) is 4.90 Å². The SMILES string of the molecule is CCCOCCn1c(NC2CCN(CCC(CN(C)C(=O)c3ccccc3)c3ccc(F)cc3)CC2)nc2ccccc21. The van der Waals surface area contributed by atoms with Crippen LogP contribution in [0, 0.1) is 5.82 Å². The minimum Gasteiger partial charge on any atom is -0.380 e. The summed E-state index contributed by atoms with van der Waals surface area (Å²) in [5.74, 6) is 0.793. The first-order chi connectivity index (χ1) is 21.0. The van der Waals surface area contributed by atoms with Gasteiger partial charge >= 0.3 is 0 Å². The second kappa shape index (κ2) is 15.1. The van der Waals surface area contributed by atoms with Crippen LogP contribution in [0.25, 0.3) is 11.0 Å². The molecule has 7 nitrogen and oxygen atoms in total. The summed E-state index contributed by atoms with van der Waals surface area (Å²) in [4.78, 5) is 22.3. The van der Waals surface area contributed by atoms with E-state index in [0.29, 0.717) is 24.8 Å². The van der Waals surface area contributed by atoms with Crippen molar-refractivity contribution in [2.75, 3.05) is 51.8 Å². The number of rotatable bonds is 14. The number of hydrogen-bond acceptors (Lipinski definition) is 5. The number of hydrogen-bond donors (Lipinski definition) is 1. The zero-order chi connectivity index (χ0) is 30.0. The van der Waals surface area contributed by atoms with Gasteiger partial charge in [-0.25, -0.2) is 9.37 Å². The van der Waals surface area contributed by atoms with Crippen LogP contribution >= 0.6 is 0 Å². The third kappa shape index (κ3) is 8.21. The summed E-state index contributed by atoms with van der Waals surface area (Å²) < 4.78 is 21.8. The van der Waals surface area contributed by atoms with Crippen molar-refractivity contribution in [3.63, 3.8) is 0 Å². The molecule has 0 spiro atoms. The van der Waals surface area contributed by atoms with Crippen molar-refractivity contribution in [2.45, 2.75) is 51.1 Å².